The number of benzene rings is 1. The topological polar surface area (TPSA) is 119 Å². The molecule has 1 aromatic carbocycles. The quantitative estimate of drug-likeness (QED) is 0.576. The van der Waals surface area contributed by atoms with E-state index in [-0.39, 0.29) is 11.1 Å². The molecule has 0 atom stereocenters. The van der Waals surface area contributed by atoms with Gasteiger partial charge in [0.15, 0.2) is 0 Å². The van der Waals surface area contributed by atoms with Crippen molar-refractivity contribution >= 4 is 17.3 Å². The van der Waals surface area contributed by atoms with Gasteiger partial charge in [-0.3, -0.25) is 25.0 Å². The summed E-state index contributed by atoms with van der Waals surface area (Å²) in [4.78, 5) is 34.7. The third-order valence-corrected chi connectivity index (χ3v) is 3.62. The lowest BCUT2D eigenvalue weighted by Gasteiger charge is -2.17. The van der Waals surface area contributed by atoms with E-state index in [0.29, 0.717) is 13.1 Å². The monoisotopic (exact) mass is 324 g/mol. The fourth-order valence-electron chi connectivity index (χ4n) is 2.16. The predicted molar refractivity (Wildman–Crippen MR) is 84.6 cm³/mol. The molecule has 1 N–H and O–H groups in total. The number of nitro groups is 2. The van der Waals surface area contributed by atoms with E-state index >= 15 is 0 Å². The third kappa shape index (κ3) is 4.71. The molecule has 23 heavy (non-hydrogen) atoms. The van der Waals surface area contributed by atoms with Gasteiger partial charge in [0.1, 0.15) is 5.56 Å². The van der Waals surface area contributed by atoms with Gasteiger partial charge in [0.05, 0.1) is 15.4 Å². The molecule has 126 valence electrons. The van der Waals surface area contributed by atoms with E-state index in [1.807, 2.05) is 13.8 Å². The number of hydrogen-bond donors (Lipinski definition) is 1. The van der Waals surface area contributed by atoms with Crippen LogP contribution in [0.2, 0.25) is 0 Å². The lowest BCUT2D eigenvalue weighted by atomic mass is 10.1. The highest BCUT2D eigenvalue weighted by molar-refractivity contribution is 5.96. The Morgan fingerprint density at radius 2 is 1.61 bits per heavy atom. The average molecular weight is 324 g/mol. The largest absolute Gasteiger partial charge is 0.351 e. The zero-order valence-corrected chi connectivity index (χ0v) is 13.4. The van der Waals surface area contributed by atoms with Crippen molar-refractivity contribution in [3.8, 4) is 0 Å². The molecular weight excluding hydrogens is 304 g/mol. The second-order valence-electron chi connectivity index (χ2n) is 4.94. The second-order valence-corrected chi connectivity index (χ2v) is 4.94. The fourth-order valence-corrected chi connectivity index (χ4v) is 2.16. The summed E-state index contributed by atoms with van der Waals surface area (Å²) in [5, 5.41) is 24.6. The zero-order chi connectivity index (χ0) is 17.6. The highest BCUT2D eigenvalue weighted by Gasteiger charge is 2.25. The first-order valence-corrected chi connectivity index (χ1v) is 7.25. The number of amides is 1. The minimum atomic E-state index is -0.727. The van der Waals surface area contributed by atoms with E-state index in [4.69, 9.17) is 0 Å². The van der Waals surface area contributed by atoms with Gasteiger partial charge in [-0.05, 0) is 20.0 Å². The average Bonchev–Trinajstić information content (AvgIpc) is 2.50. The fraction of sp³-hybridized carbons (Fsp3) is 0.500. The maximum Gasteiger partial charge on any atom is 0.279 e. The van der Waals surface area contributed by atoms with Crippen LogP contribution in [0.15, 0.2) is 12.1 Å². The highest BCUT2D eigenvalue weighted by atomic mass is 16.6. The van der Waals surface area contributed by atoms with Crippen molar-refractivity contribution in [3.63, 3.8) is 0 Å². The first-order chi connectivity index (χ1) is 10.8. The lowest BCUT2D eigenvalue weighted by Crippen LogP contribution is -2.34. The van der Waals surface area contributed by atoms with Crippen molar-refractivity contribution in [1.82, 2.24) is 10.2 Å². The Labute approximate surface area is 133 Å². The molecule has 0 aliphatic rings. The Balaban J connectivity index is 2.96. The predicted octanol–water partition coefficient (Wildman–Crippen LogP) is 1.88. The molecule has 0 aliphatic heterocycles. The summed E-state index contributed by atoms with van der Waals surface area (Å²) in [7, 11) is 0. The molecule has 0 spiro atoms. The first kappa shape index (κ1) is 18.5. The maximum atomic E-state index is 12.1. The highest BCUT2D eigenvalue weighted by Crippen LogP contribution is 2.29. The minimum absolute atomic E-state index is 0.0697. The number of rotatable bonds is 8. The first-order valence-electron chi connectivity index (χ1n) is 7.25. The number of nitro benzene ring substituents is 2. The summed E-state index contributed by atoms with van der Waals surface area (Å²) >= 11 is 0. The summed E-state index contributed by atoms with van der Waals surface area (Å²) in [6.45, 7) is 7.96. The molecule has 1 aromatic rings. The summed E-state index contributed by atoms with van der Waals surface area (Å²) in [5.74, 6) is -0.566. The summed E-state index contributed by atoms with van der Waals surface area (Å²) in [6.07, 6.45) is 0. The van der Waals surface area contributed by atoms with Gasteiger partial charge < -0.3 is 10.2 Å². The molecule has 0 heterocycles. The third-order valence-electron chi connectivity index (χ3n) is 3.62. The van der Waals surface area contributed by atoms with Gasteiger partial charge in [0, 0.05) is 25.2 Å². The molecule has 1 amide bonds. The smallest absolute Gasteiger partial charge is 0.279 e. The van der Waals surface area contributed by atoms with Gasteiger partial charge >= 0.3 is 0 Å². The molecule has 0 aromatic heterocycles. The number of nitrogens with zero attached hydrogens (tertiary/aromatic N) is 3. The van der Waals surface area contributed by atoms with Crippen LogP contribution in [-0.4, -0.2) is 46.8 Å². The number of nitrogens with one attached hydrogen (secondary N) is 1. The van der Waals surface area contributed by atoms with Gasteiger partial charge in [-0.15, -0.1) is 0 Å². The minimum Gasteiger partial charge on any atom is -0.351 e. The summed E-state index contributed by atoms with van der Waals surface area (Å²) in [6, 6.07) is 2.13. The SMILES string of the molecule is CCN(CC)CCNC(=O)c1cc([N+](=O)[O-])c(C)c([N+](=O)[O-])c1. The van der Waals surface area contributed by atoms with Crippen LogP contribution in [-0.2, 0) is 0 Å². The van der Waals surface area contributed by atoms with Crippen LogP contribution in [0.1, 0.15) is 29.8 Å². The van der Waals surface area contributed by atoms with E-state index in [0.717, 1.165) is 25.2 Å². The van der Waals surface area contributed by atoms with Gasteiger partial charge in [0.2, 0.25) is 0 Å². The van der Waals surface area contributed by atoms with E-state index < -0.39 is 27.1 Å². The van der Waals surface area contributed by atoms with Crippen molar-refractivity contribution in [1.29, 1.82) is 0 Å². The number of carbonyl (C=O) groups is 1. The second kappa shape index (κ2) is 8.18. The number of hydrogen-bond acceptors (Lipinski definition) is 6. The Bertz CT molecular complexity index is 578. The van der Waals surface area contributed by atoms with Crippen LogP contribution in [0.3, 0.4) is 0 Å². The molecule has 1 rings (SSSR count). The van der Waals surface area contributed by atoms with Crippen LogP contribution < -0.4 is 5.32 Å². The van der Waals surface area contributed by atoms with E-state index in [1.54, 1.807) is 0 Å². The molecule has 0 radical (unpaired) electrons. The van der Waals surface area contributed by atoms with Crippen molar-refractivity contribution in [3.05, 3.63) is 43.5 Å². The normalized spacial score (nSPS) is 10.6. The molecule has 0 aliphatic carbocycles. The molecule has 0 fully saturated rings. The van der Waals surface area contributed by atoms with Crippen LogP contribution in [0.5, 0.6) is 0 Å². The van der Waals surface area contributed by atoms with Crippen LogP contribution in [0, 0.1) is 27.2 Å². The van der Waals surface area contributed by atoms with Crippen LogP contribution in [0.25, 0.3) is 0 Å². The zero-order valence-electron chi connectivity index (χ0n) is 13.4. The molecule has 0 bridgehead atoms. The molecule has 0 unspecified atom stereocenters. The van der Waals surface area contributed by atoms with Crippen molar-refractivity contribution < 1.29 is 14.6 Å². The molecule has 9 nitrogen and oxygen atoms in total. The van der Waals surface area contributed by atoms with Crippen molar-refractivity contribution in [2.24, 2.45) is 0 Å². The Morgan fingerprint density at radius 1 is 1.13 bits per heavy atom. The van der Waals surface area contributed by atoms with E-state index in [1.165, 1.54) is 6.92 Å². The van der Waals surface area contributed by atoms with Crippen molar-refractivity contribution in [2.45, 2.75) is 20.8 Å². The van der Waals surface area contributed by atoms with Crippen molar-refractivity contribution in [2.75, 3.05) is 26.2 Å². The van der Waals surface area contributed by atoms with Crippen LogP contribution in [0.4, 0.5) is 11.4 Å². The number of likely N-dealkylation sites (N-methyl/N-ethyl adjacent to an activating group) is 1. The number of carbonyl (C=O) groups excluding carboxylic acids is 1. The lowest BCUT2D eigenvalue weighted by molar-refractivity contribution is -0.395. The molecule has 0 saturated carbocycles. The van der Waals surface area contributed by atoms with Gasteiger partial charge in [-0.1, -0.05) is 13.8 Å². The van der Waals surface area contributed by atoms with E-state index in [2.05, 4.69) is 10.2 Å². The molecular formula is C14H20N4O5. The maximum absolute atomic E-state index is 12.1. The van der Waals surface area contributed by atoms with Gasteiger partial charge in [-0.2, -0.15) is 0 Å². The Morgan fingerprint density at radius 3 is 2.00 bits per heavy atom. The van der Waals surface area contributed by atoms with E-state index in [9.17, 15) is 25.0 Å². The van der Waals surface area contributed by atoms with Crippen LogP contribution >= 0.6 is 0 Å². The standard InChI is InChI=1S/C14H20N4O5/c1-4-16(5-2)7-6-15-14(19)11-8-12(17(20)21)10(3)13(9-11)18(22)23/h8-9H,4-7H2,1-3H3,(H,15,19). The Hall–Kier alpha value is -2.55. The van der Waals surface area contributed by atoms with Gasteiger partial charge in [0.25, 0.3) is 17.3 Å². The molecule has 0 saturated heterocycles. The summed E-state index contributed by atoms with van der Waals surface area (Å²) < 4.78 is 0. The van der Waals surface area contributed by atoms with Gasteiger partial charge in [-0.25, -0.2) is 0 Å². The summed E-state index contributed by atoms with van der Waals surface area (Å²) in [5.41, 5.74) is -1.03. The molecule has 9 heteroatoms. The Kier molecular flexibility index (Phi) is 6.58.